The zero-order valence-electron chi connectivity index (χ0n) is 11.4. The molecule has 1 heterocycles. The number of rotatable bonds is 4. The lowest BCUT2D eigenvalue weighted by molar-refractivity contribution is -0.142. The van der Waals surface area contributed by atoms with Gasteiger partial charge in [-0.2, -0.15) is 0 Å². The van der Waals surface area contributed by atoms with Gasteiger partial charge in [-0.3, -0.25) is 4.79 Å². The zero-order chi connectivity index (χ0) is 13.0. The van der Waals surface area contributed by atoms with Crippen LogP contribution in [0, 0.1) is 11.8 Å². The fourth-order valence-electron chi connectivity index (χ4n) is 3.32. The lowest BCUT2D eigenvalue weighted by Crippen LogP contribution is -2.42. The summed E-state index contributed by atoms with van der Waals surface area (Å²) < 4.78 is 0. The summed E-state index contributed by atoms with van der Waals surface area (Å²) in [6.07, 6.45) is 6.39. The van der Waals surface area contributed by atoms with Crippen molar-refractivity contribution in [2.24, 2.45) is 11.8 Å². The van der Waals surface area contributed by atoms with E-state index in [1.165, 1.54) is 25.9 Å². The summed E-state index contributed by atoms with van der Waals surface area (Å²) in [5, 5.41) is 12.6. The molecule has 1 atom stereocenters. The highest BCUT2D eigenvalue weighted by molar-refractivity contribution is 5.70. The maximum absolute atomic E-state index is 10.9. The first-order chi connectivity index (χ1) is 8.65. The minimum Gasteiger partial charge on any atom is -0.481 e. The topological polar surface area (TPSA) is 52.6 Å². The van der Waals surface area contributed by atoms with Crippen LogP contribution >= 0.6 is 0 Å². The molecule has 0 aromatic heterocycles. The highest BCUT2D eigenvalue weighted by Crippen LogP contribution is 2.25. The summed E-state index contributed by atoms with van der Waals surface area (Å²) in [5.74, 6) is 0.0761. The monoisotopic (exact) mass is 254 g/mol. The second-order valence-corrected chi connectivity index (χ2v) is 6.07. The van der Waals surface area contributed by atoms with E-state index in [1.807, 2.05) is 0 Å². The molecule has 1 saturated carbocycles. The SMILES string of the molecule is CN1CCCC(CNC2CCC(C(=O)O)CC2)C1. The van der Waals surface area contributed by atoms with E-state index < -0.39 is 5.97 Å². The van der Waals surface area contributed by atoms with Crippen LogP contribution in [0.3, 0.4) is 0 Å². The Morgan fingerprint density at radius 1 is 1.28 bits per heavy atom. The van der Waals surface area contributed by atoms with Gasteiger partial charge < -0.3 is 15.3 Å². The van der Waals surface area contributed by atoms with Gasteiger partial charge in [0.05, 0.1) is 5.92 Å². The number of aliphatic carboxylic acids is 1. The van der Waals surface area contributed by atoms with Crippen molar-refractivity contribution in [3.05, 3.63) is 0 Å². The van der Waals surface area contributed by atoms with Gasteiger partial charge in [-0.05, 0) is 64.6 Å². The van der Waals surface area contributed by atoms with Crippen LogP contribution in [0.2, 0.25) is 0 Å². The molecule has 0 radical (unpaired) electrons. The minimum atomic E-state index is -0.609. The molecule has 4 heteroatoms. The fraction of sp³-hybridized carbons (Fsp3) is 0.929. The summed E-state index contributed by atoms with van der Waals surface area (Å²) in [4.78, 5) is 13.3. The van der Waals surface area contributed by atoms with Crippen LogP contribution in [0.25, 0.3) is 0 Å². The number of carbonyl (C=O) groups is 1. The predicted molar refractivity (Wildman–Crippen MR) is 71.6 cm³/mol. The smallest absolute Gasteiger partial charge is 0.306 e. The molecule has 1 saturated heterocycles. The Morgan fingerprint density at radius 3 is 2.61 bits per heavy atom. The van der Waals surface area contributed by atoms with Crippen LogP contribution in [0.15, 0.2) is 0 Å². The van der Waals surface area contributed by atoms with Crippen molar-refractivity contribution in [3.63, 3.8) is 0 Å². The van der Waals surface area contributed by atoms with Crippen molar-refractivity contribution in [1.29, 1.82) is 0 Å². The first-order valence-corrected chi connectivity index (χ1v) is 7.30. The second kappa shape index (κ2) is 6.53. The van der Waals surface area contributed by atoms with E-state index in [9.17, 15) is 4.79 Å². The lowest BCUT2D eigenvalue weighted by atomic mass is 9.86. The maximum atomic E-state index is 10.9. The number of carboxylic acid groups (broad SMARTS) is 1. The molecule has 0 bridgehead atoms. The third-order valence-electron chi connectivity index (χ3n) is 4.49. The maximum Gasteiger partial charge on any atom is 0.306 e. The van der Waals surface area contributed by atoms with E-state index in [0.717, 1.165) is 38.1 Å². The first kappa shape index (κ1) is 13.8. The molecule has 0 spiro atoms. The molecular formula is C14H26N2O2. The molecule has 18 heavy (non-hydrogen) atoms. The average Bonchev–Trinajstić information content (AvgIpc) is 2.37. The molecule has 0 amide bonds. The Hall–Kier alpha value is -0.610. The Labute approximate surface area is 110 Å². The van der Waals surface area contributed by atoms with Crippen molar-refractivity contribution < 1.29 is 9.90 Å². The van der Waals surface area contributed by atoms with Crippen molar-refractivity contribution in [2.75, 3.05) is 26.7 Å². The molecule has 0 aromatic carbocycles. The quantitative estimate of drug-likeness (QED) is 0.799. The van der Waals surface area contributed by atoms with Crippen molar-refractivity contribution in [2.45, 2.75) is 44.6 Å². The van der Waals surface area contributed by atoms with E-state index in [1.54, 1.807) is 0 Å². The molecule has 0 aromatic rings. The van der Waals surface area contributed by atoms with Crippen molar-refractivity contribution in [1.82, 2.24) is 10.2 Å². The normalized spacial score (nSPS) is 34.4. The third-order valence-corrected chi connectivity index (χ3v) is 4.49. The number of hydrogen-bond donors (Lipinski definition) is 2. The number of nitrogens with one attached hydrogen (secondary N) is 1. The van der Waals surface area contributed by atoms with Gasteiger partial charge in [0.1, 0.15) is 0 Å². The van der Waals surface area contributed by atoms with E-state index in [4.69, 9.17) is 5.11 Å². The molecule has 4 nitrogen and oxygen atoms in total. The molecular weight excluding hydrogens is 228 g/mol. The predicted octanol–water partition coefficient (Wildman–Crippen LogP) is 1.56. The van der Waals surface area contributed by atoms with Gasteiger partial charge in [0.15, 0.2) is 0 Å². The number of hydrogen-bond acceptors (Lipinski definition) is 3. The standard InChI is InChI=1S/C14H26N2O2/c1-16-8-2-3-11(10-16)9-15-13-6-4-12(5-7-13)14(17)18/h11-13,15H,2-10H2,1H3,(H,17,18). The van der Waals surface area contributed by atoms with Crippen LogP contribution in [0.5, 0.6) is 0 Å². The minimum absolute atomic E-state index is 0.0936. The summed E-state index contributed by atoms with van der Waals surface area (Å²) in [6, 6.07) is 0.549. The highest BCUT2D eigenvalue weighted by Gasteiger charge is 2.26. The van der Waals surface area contributed by atoms with Crippen molar-refractivity contribution in [3.8, 4) is 0 Å². The second-order valence-electron chi connectivity index (χ2n) is 6.07. The summed E-state index contributed by atoms with van der Waals surface area (Å²) in [7, 11) is 2.20. The zero-order valence-corrected chi connectivity index (χ0v) is 11.4. The Morgan fingerprint density at radius 2 is 2.00 bits per heavy atom. The average molecular weight is 254 g/mol. The van der Waals surface area contributed by atoms with E-state index in [2.05, 4.69) is 17.3 Å². The van der Waals surface area contributed by atoms with Gasteiger partial charge in [0.2, 0.25) is 0 Å². The van der Waals surface area contributed by atoms with Gasteiger partial charge in [0.25, 0.3) is 0 Å². The molecule has 1 unspecified atom stereocenters. The number of nitrogens with zero attached hydrogens (tertiary/aromatic N) is 1. The summed E-state index contributed by atoms with van der Waals surface area (Å²) in [6.45, 7) is 3.55. The lowest BCUT2D eigenvalue weighted by Gasteiger charge is -2.32. The fourth-order valence-corrected chi connectivity index (χ4v) is 3.32. The molecule has 1 aliphatic heterocycles. The summed E-state index contributed by atoms with van der Waals surface area (Å²) >= 11 is 0. The Bertz CT molecular complexity index is 275. The largest absolute Gasteiger partial charge is 0.481 e. The van der Waals surface area contributed by atoms with Gasteiger partial charge in [-0.25, -0.2) is 0 Å². The van der Waals surface area contributed by atoms with E-state index >= 15 is 0 Å². The van der Waals surface area contributed by atoms with Crippen LogP contribution in [0.4, 0.5) is 0 Å². The van der Waals surface area contributed by atoms with Crippen LogP contribution < -0.4 is 5.32 Å². The van der Waals surface area contributed by atoms with Gasteiger partial charge >= 0.3 is 5.97 Å². The number of likely N-dealkylation sites (tertiary alicyclic amines) is 1. The van der Waals surface area contributed by atoms with Gasteiger partial charge in [-0.15, -0.1) is 0 Å². The Kier molecular flexibility index (Phi) is 5.01. The van der Waals surface area contributed by atoms with E-state index in [0.29, 0.717) is 6.04 Å². The van der Waals surface area contributed by atoms with E-state index in [-0.39, 0.29) is 5.92 Å². The molecule has 2 fully saturated rings. The van der Waals surface area contributed by atoms with Gasteiger partial charge in [0, 0.05) is 12.6 Å². The first-order valence-electron chi connectivity index (χ1n) is 7.30. The van der Waals surface area contributed by atoms with Crippen LogP contribution in [-0.4, -0.2) is 48.7 Å². The number of piperidine rings is 1. The summed E-state index contributed by atoms with van der Waals surface area (Å²) in [5.41, 5.74) is 0. The molecule has 2 rings (SSSR count). The molecule has 104 valence electrons. The van der Waals surface area contributed by atoms with Crippen LogP contribution in [-0.2, 0) is 4.79 Å². The van der Waals surface area contributed by atoms with Crippen LogP contribution in [0.1, 0.15) is 38.5 Å². The number of carboxylic acids is 1. The Balaban J connectivity index is 1.64. The third kappa shape index (κ3) is 3.95. The molecule has 2 aliphatic rings. The van der Waals surface area contributed by atoms with Crippen molar-refractivity contribution >= 4 is 5.97 Å². The molecule has 2 N–H and O–H groups in total. The highest BCUT2D eigenvalue weighted by atomic mass is 16.4. The molecule has 1 aliphatic carbocycles. The van der Waals surface area contributed by atoms with Gasteiger partial charge in [-0.1, -0.05) is 0 Å².